The van der Waals surface area contributed by atoms with E-state index in [0.29, 0.717) is 18.7 Å². The lowest BCUT2D eigenvalue weighted by Crippen LogP contribution is -2.30. The van der Waals surface area contributed by atoms with Crippen LogP contribution in [0.3, 0.4) is 0 Å². The zero-order valence-corrected chi connectivity index (χ0v) is 17.0. The molecule has 3 aromatic rings. The zero-order valence-electron chi connectivity index (χ0n) is 17.0. The number of nitrogens with zero attached hydrogens (tertiary/aromatic N) is 3. The lowest BCUT2D eigenvalue weighted by Gasteiger charge is -2.17. The van der Waals surface area contributed by atoms with Gasteiger partial charge in [0.05, 0.1) is 5.56 Å². The first-order valence-corrected chi connectivity index (χ1v) is 10.1. The number of aromatic hydroxyl groups is 2. The summed E-state index contributed by atoms with van der Waals surface area (Å²) in [6.07, 6.45) is 2.44. The molecule has 2 amide bonds. The van der Waals surface area contributed by atoms with Crippen molar-refractivity contribution >= 4 is 11.8 Å². The molecule has 1 atom stereocenters. The van der Waals surface area contributed by atoms with Gasteiger partial charge in [-0.15, -0.1) is 0 Å². The molecule has 4 rings (SSSR count). The lowest BCUT2D eigenvalue weighted by atomic mass is 10.0. The second-order valence-corrected chi connectivity index (χ2v) is 7.53. The average molecular weight is 436 g/mol. The highest BCUT2D eigenvalue weighted by atomic mass is 19.1. The number of hydrogen-bond acceptors (Lipinski definition) is 6. The minimum Gasteiger partial charge on any atom is -0.503 e. The van der Waals surface area contributed by atoms with E-state index in [1.807, 2.05) is 18.2 Å². The number of carbonyl (C=O) groups is 2. The third-order valence-electron chi connectivity index (χ3n) is 5.39. The molecule has 3 N–H and O–H groups in total. The van der Waals surface area contributed by atoms with Crippen LogP contribution in [-0.2, 0) is 6.54 Å². The van der Waals surface area contributed by atoms with Gasteiger partial charge in [-0.25, -0.2) is 9.37 Å². The lowest BCUT2D eigenvalue weighted by molar-refractivity contribution is 0.0783. The smallest absolute Gasteiger partial charge is 0.272 e. The van der Waals surface area contributed by atoms with E-state index in [1.54, 1.807) is 11.1 Å². The first-order valence-electron chi connectivity index (χ1n) is 10.1. The van der Waals surface area contributed by atoms with Gasteiger partial charge in [-0.2, -0.15) is 0 Å². The van der Waals surface area contributed by atoms with Crippen LogP contribution in [0.4, 0.5) is 4.39 Å². The van der Waals surface area contributed by atoms with Crippen LogP contribution in [-0.4, -0.2) is 50.0 Å². The van der Waals surface area contributed by atoms with Crippen LogP contribution in [0.2, 0.25) is 0 Å². The molecule has 1 aliphatic rings. The molecule has 32 heavy (non-hydrogen) atoms. The Balaban J connectivity index is 1.48. The summed E-state index contributed by atoms with van der Waals surface area (Å²) in [5, 5.41) is 22.7. The molecule has 164 valence electrons. The SMILES string of the molecule is O=C(NCc1ccc(F)cc1)c1cc(C(=O)N2CCC(c3ccccn3)C2)nc(O)c1O. The van der Waals surface area contributed by atoms with Gasteiger partial charge in [0.15, 0.2) is 5.75 Å². The first kappa shape index (κ1) is 21.2. The molecule has 8 nitrogen and oxygen atoms in total. The van der Waals surface area contributed by atoms with Gasteiger partial charge in [-0.3, -0.25) is 14.6 Å². The highest BCUT2D eigenvalue weighted by molar-refractivity contribution is 6.01. The van der Waals surface area contributed by atoms with Crippen LogP contribution in [0.25, 0.3) is 0 Å². The highest BCUT2D eigenvalue weighted by Crippen LogP contribution is 2.30. The second-order valence-electron chi connectivity index (χ2n) is 7.53. The van der Waals surface area contributed by atoms with Crippen molar-refractivity contribution in [1.29, 1.82) is 0 Å². The van der Waals surface area contributed by atoms with Crippen LogP contribution < -0.4 is 5.32 Å². The summed E-state index contributed by atoms with van der Waals surface area (Å²) in [6.45, 7) is 0.990. The van der Waals surface area contributed by atoms with Gasteiger partial charge >= 0.3 is 0 Å². The third-order valence-corrected chi connectivity index (χ3v) is 5.39. The monoisotopic (exact) mass is 436 g/mol. The third kappa shape index (κ3) is 4.51. The first-order chi connectivity index (χ1) is 15.4. The summed E-state index contributed by atoms with van der Waals surface area (Å²) in [4.78, 5) is 35.2. The van der Waals surface area contributed by atoms with Gasteiger partial charge in [0.25, 0.3) is 17.7 Å². The number of amides is 2. The fourth-order valence-corrected chi connectivity index (χ4v) is 3.65. The summed E-state index contributed by atoms with van der Waals surface area (Å²) in [5.41, 5.74) is 1.12. The molecule has 0 saturated carbocycles. The number of nitrogens with one attached hydrogen (secondary N) is 1. The van der Waals surface area contributed by atoms with Crippen LogP contribution in [0.5, 0.6) is 11.6 Å². The number of hydrogen-bond donors (Lipinski definition) is 3. The maximum atomic E-state index is 13.0. The van der Waals surface area contributed by atoms with E-state index in [4.69, 9.17) is 0 Å². The van der Waals surface area contributed by atoms with Gasteiger partial charge < -0.3 is 20.4 Å². The van der Waals surface area contributed by atoms with Crippen LogP contribution >= 0.6 is 0 Å². The van der Waals surface area contributed by atoms with Crippen molar-refractivity contribution in [3.63, 3.8) is 0 Å². The van der Waals surface area contributed by atoms with Crippen molar-refractivity contribution in [2.24, 2.45) is 0 Å². The van der Waals surface area contributed by atoms with E-state index in [0.717, 1.165) is 18.2 Å². The number of halogens is 1. The Hall–Kier alpha value is -4.01. The number of pyridine rings is 2. The predicted molar refractivity (Wildman–Crippen MR) is 113 cm³/mol. The zero-order chi connectivity index (χ0) is 22.7. The van der Waals surface area contributed by atoms with E-state index < -0.39 is 29.3 Å². The minimum absolute atomic E-state index is 0.0722. The Labute approximate surface area is 183 Å². The Bertz CT molecular complexity index is 1140. The molecule has 0 bridgehead atoms. The molecule has 3 heterocycles. The van der Waals surface area contributed by atoms with E-state index in [2.05, 4.69) is 15.3 Å². The van der Waals surface area contributed by atoms with Crippen molar-refractivity contribution in [1.82, 2.24) is 20.2 Å². The number of rotatable bonds is 5. The summed E-state index contributed by atoms with van der Waals surface area (Å²) in [5.74, 6) is -2.98. The van der Waals surface area contributed by atoms with Crippen molar-refractivity contribution < 1.29 is 24.2 Å². The molecule has 0 spiro atoms. The Kier molecular flexibility index (Phi) is 5.98. The van der Waals surface area contributed by atoms with Gasteiger partial charge in [0.2, 0.25) is 0 Å². The molecule has 0 radical (unpaired) electrons. The number of benzene rings is 1. The Morgan fingerprint density at radius 3 is 2.66 bits per heavy atom. The molecule has 1 aliphatic heterocycles. The summed E-state index contributed by atoms with van der Waals surface area (Å²) in [7, 11) is 0. The number of carbonyl (C=O) groups excluding carboxylic acids is 2. The minimum atomic E-state index is -0.803. The topological polar surface area (TPSA) is 116 Å². The molecule has 1 fully saturated rings. The summed E-state index contributed by atoms with van der Waals surface area (Å²) in [6, 6.07) is 12.3. The van der Waals surface area contributed by atoms with E-state index in [-0.39, 0.29) is 23.7 Å². The molecule has 2 aromatic heterocycles. The fourth-order valence-electron chi connectivity index (χ4n) is 3.65. The molecular formula is C23H21FN4O4. The second kappa shape index (κ2) is 9.01. The summed E-state index contributed by atoms with van der Waals surface area (Å²) < 4.78 is 13.0. The number of aromatic nitrogens is 2. The van der Waals surface area contributed by atoms with E-state index in [1.165, 1.54) is 24.3 Å². The van der Waals surface area contributed by atoms with Crippen LogP contribution in [0, 0.1) is 5.82 Å². The Morgan fingerprint density at radius 1 is 1.16 bits per heavy atom. The van der Waals surface area contributed by atoms with Gasteiger partial charge in [0, 0.05) is 37.4 Å². The van der Waals surface area contributed by atoms with Crippen molar-refractivity contribution in [3.05, 3.63) is 83.1 Å². The quantitative estimate of drug-likeness (QED) is 0.566. The normalized spacial score (nSPS) is 15.5. The molecular weight excluding hydrogens is 415 g/mol. The molecule has 1 saturated heterocycles. The van der Waals surface area contributed by atoms with E-state index in [9.17, 15) is 24.2 Å². The standard InChI is InChI=1S/C23H21FN4O4/c24-16-6-4-14(5-7-16)12-26-21(30)17-11-19(27-22(31)20(17)29)23(32)28-10-8-15(13-28)18-3-1-2-9-25-18/h1-7,9,11,15,29H,8,10,12-13H2,(H,26,30)(H,27,31). The van der Waals surface area contributed by atoms with Gasteiger partial charge in [-0.05, 0) is 42.3 Å². The van der Waals surface area contributed by atoms with E-state index >= 15 is 0 Å². The maximum absolute atomic E-state index is 13.0. The van der Waals surface area contributed by atoms with Gasteiger partial charge in [0.1, 0.15) is 11.5 Å². The largest absolute Gasteiger partial charge is 0.503 e. The molecule has 9 heteroatoms. The Morgan fingerprint density at radius 2 is 1.94 bits per heavy atom. The maximum Gasteiger partial charge on any atom is 0.272 e. The average Bonchev–Trinajstić information content (AvgIpc) is 3.30. The van der Waals surface area contributed by atoms with Crippen molar-refractivity contribution in [3.8, 4) is 11.6 Å². The predicted octanol–water partition coefficient (Wildman–Crippen LogP) is 2.59. The van der Waals surface area contributed by atoms with Crippen LogP contribution in [0.15, 0.2) is 54.7 Å². The molecule has 0 aliphatic carbocycles. The van der Waals surface area contributed by atoms with Gasteiger partial charge in [-0.1, -0.05) is 18.2 Å². The van der Waals surface area contributed by atoms with Crippen LogP contribution in [0.1, 0.15) is 44.4 Å². The molecule has 1 unspecified atom stereocenters. The van der Waals surface area contributed by atoms with Crippen molar-refractivity contribution in [2.45, 2.75) is 18.9 Å². The van der Waals surface area contributed by atoms with Crippen molar-refractivity contribution in [2.75, 3.05) is 13.1 Å². The highest BCUT2D eigenvalue weighted by Gasteiger charge is 2.30. The molecule has 1 aromatic carbocycles. The summed E-state index contributed by atoms with van der Waals surface area (Å²) >= 11 is 0. The number of likely N-dealkylation sites (tertiary alicyclic amines) is 1. The fraction of sp³-hybridized carbons (Fsp3) is 0.217.